The predicted octanol–water partition coefficient (Wildman–Crippen LogP) is 19.7. The minimum atomic E-state index is 0.147. The lowest BCUT2D eigenvalue weighted by Crippen LogP contribution is -2.30. The molecule has 9 nitrogen and oxygen atoms in total. The number of nitrogens with one attached hydrogen (secondary N) is 1. The van der Waals surface area contributed by atoms with Crippen molar-refractivity contribution in [1.82, 2.24) is 15.4 Å². The summed E-state index contributed by atoms with van der Waals surface area (Å²) in [5.74, 6) is 2.42. The first-order valence-electron chi connectivity index (χ1n) is 31.7. The number of aldehydes is 1. The van der Waals surface area contributed by atoms with Crippen LogP contribution in [0.25, 0.3) is 11.6 Å². The number of nitrogens with two attached hydrogens (primary N) is 1. The van der Waals surface area contributed by atoms with E-state index in [1.165, 1.54) is 135 Å². The second-order valence-corrected chi connectivity index (χ2v) is 20.7. The van der Waals surface area contributed by atoms with Crippen LogP contribution in [0, 0.1) is 25.7 Å². The fourth-order valence-electron chi connectivity index (χ4n) is 8.86. The second kappa shape index (κ2) is 55.7. The summed E-state index contributed by atoms with van der Waals surface area (Å²) in [7, 11) is 3.85. The molecule has 1 unspecified atom stereocenters. The fraction of sp³-hybridized carbons (Fsp3) is 0.625. The van der Waals surface area contributed by atoms with Crippen molar-refractivity contribution in [3.63, 3.8) is 0 Å². The second-order valence-electron chi connectivity index (χ2n) is 20.7. The molecule has 4 rings (SSSR count). The SMILES string of the molecule is C=C1CCC(C)CON1.CC.CC.CC/C(C)=C/c1c(/C(=C/C=C(\C)N)CC)ccnc1C.CC=O.CCCC(CCC)CN(CC)CCC.CCCC(CCC)c1ccc(C(C)=O)cc1.CCc1ccc(C)c(N(C)CCOC)c1. The van der Waals surface area contributed by atoms with Gasteiger partial charge in [-0.25, -0.2) is 0 Å². The average molecular weight is 1130 g/mol. The highest BCUT2D eigenvalue weighted by molar-refractivity contribution is 5.94. The van der Waals surface area contributed by atoms with E-state index >= 15 is 0 Å². The molecule has 0 radical (unpaired) electrons. The van der Waals surface area contributed by atoms with Crippen LogP contribution < -0.4 is 16.1 Å². The number of Topliss-reactive ketones (excluding diaryl/α,β-unsaturated/α-hetero) is 1. The van der Waals surface area contributed by atoms with E-state index in [0.29, 0.717) is 11.8 Å². The number of ketones is 1. The number of ether oxygens (including phenoxy) is 1. The van der Waals surface area contributed by atoms with Crippen molar-refractivity contribution < 1.29 is 19.2 Å². The molecule has 3 N–H and O–H groups in total. The Kier molecular flexibility index (Phi) is 56.8. The fourth-order valence-corrected chi connectivity index (χ4v) is 8.86. The third-order valence-electron chi connectivity index (χ3n) is 13.6. The van der Waals surface area contributed by atoms with E-state index in [0.717, 1.165) is 80.3 Å². The highest BCUT2D eigenvalue weighted by Gasteiger charge is 2.13. The molecule has 3 aromatic rings. The Morgan fingerprint density at radius 3 is 1.89 bits per heavy atom. The number of hydrogen-bond acceptors (Lipinski definition) is 9. The van der Waals surface area contributed by atoms with Crippen molar-refractivity contribution in [3.05, 3.63) is 130 Å². The molecule has 0 spiro atoms. The Bertz CT molecular complexity index is 2070. The Hall–Kier alpha value is -4.83. The summed E-state index contributed by atoms with van der Waals surface area (Å²) in [4.78, 5) is 34.3. The van der Waals surface area contributed by atoms with Crippen LogP contribution in [0.1, 0.15) is 258 Å². The van der Waals surface area contributed by atoms with E-state index in [-0.39, 0.29) is 5.78 Å². The molecule has 1 aliphatic rings. The molecule has 0 amide bonds. The molecule has 2 aromatic carbocycles. The van der Waals surface area contributed by atoms with Gasteiger partial charge >= 0.3 is 0 Å². The predicted molar refractivity (Wildman–Crippen MR) is 361 cm³/mol. The summed E-state index contributed by atoms with van der Waals surface area (Å²) < 4.78 is 5.09. The number of carbonyl (C=O) groups excluding carboxylic acids is 2. The number of aromatic nitrogens is 1. The Morgan fingerprint density at radius 1 is 0.840 bits per heavy atom. The maximum absolute atomic E-state index is 11.2. The van der Waals surface area contributed by atoms with Crippen LogP contribution in [0.3, 0.4) is 0 Å². The van der Waals surface area contributed by atoms with Gasteiger partial charge in [-0.2, -0.15) is 0 Å². The number of hydroxylamine groups is 1. The molecule has 0 saturated carbocycles. The number of nitrogens with zero attached hydrogens (tertiary/aromatic N) is 3. The highest BCUT2D eigenvalue weighted by Crippen LogP contribution is 2.28. The smallest absolute Gasteiger partial charge is 0.159 e. The van der Waals surface area contributed by atoms with Gasteiger partial charge in [0.05, 0.1) is 13.2 Å². The molecular weight excluding hydrogens is 999 g/mol. The van der Waals surface area contributed by atoms with Gasteiger partial charge in [0, 0.05) is 67.3 Å². The van der Waals surface area contributed by atoms with Crippen molar-refractivity contribution in [2.75, 3.05) is 58.5 Å². The number of benzene rings is 2. The van der Waals surface area contributed by atoms with E-state index < -0.39 is 0 Å². The number of aryl methyl sites for hydroxylation is 3. The lowest BCUT2D eigenvalue weighted by Gasteiger charge is -2.25. The van der Waals surface area contributed by atoms with Crippen LogP contribution in [0.5, 0.6) is 0 Å². The first kappa shape index (κ1) is 82.6. The minimum absolute atomic E-state index is 0.147. The number of likely N-dealkylation sites (N-methyl/N-ethyl adjacent to an activating group) is 1. The van der Waals surface area contributed by atoms with Crippen LogP contribution in [0.4, 0.5) is 5.69 Å². The lowest BCUT2D eigenvalue weighted by molar-refractivity contribution is -0.106. The van der Waals surface area contributed by atoms with Crippen molar-refractivity contribution >= 4 is 29.4 Å². The van der Waals surface area contributed by atoms with Crippen LogP contribution in [-0.2, 0) is 20.8 Å². The van der Waals surface area contributed by atoms with E-state index in [1.54, 1.807) is 14.0 Å². The van der Waals surface area contributed by atoms with Gasteiger partial charge < -0.3 is 25.1 Å². The molecule has 0 bridgehead atoms. The molecule has 81 heavy (non-hydrogen) atoms. The molecule has 9 heteroatoms. The molecule has 1 fully saturated rings. The first-order chi connectivity index (χ1) is 38.8. The van der Waals surface area contributed by atoms with Gasteiger partial charge in [0.25, 0.3) is 0 Å². The van der Waals surface area contributed by atoms with Crippen molar-refractivity contribution in [1.29, 1.82) is 0 Å². The lowest BCUT2D eigenvalue weighted by atomic mass is 9.90. The van der Waals surface area contributed by atoms with Gasteiger partial charge in [0.1, 0.15) is 6.29 Å². The van der Waals surface area contributed by atoms with Gasteiger partial charge in [-0.15, -0.1) is 0 Å². The minimum Gasteiger partial charge on any atom is -0.402 e. The van der Waals surface area contributed by atoms with E-state index in [4.69, 9.17) is 20.1 Å². The summed E-state index contributed by atoms with van der Waals surface area (Å²) in [5, 5.41) is 0. The molecule has 0 aliphatic carbocycles. The van der Waals surface area contributed by atoms with Crippen molar-refractivity contribution in [3.8, 4) is 0 Å². The number of hydrogen-bond donors (Lipinski definition) is 2. The quantitative estimate of drug-likeness (QED) is 0.0487. The van der Waals surface area contributed by atoms with Gasteiger partial charge in [-0.3, -0.25) is 20.1 Å². The topological polar surface area (TPSA) is 110 Å². The van der Waals surface area contributed by atoms with Crippen molar-refractivity contribution in [2.45, 2.75) is 234 Å². The van der Waals surface area contributed by atoms with Gasteiger partial charge in [0.15, 0.2) is 5.78 Å². The monoisotopic (exact) mass is 1130 g/mol. The maximum atomic E-state index is 11.2. The molecule has 1 atom stereocenters. The van der Waals surface area contributed by atoms with Crippen LogP contribution in [0.15, 0.2) is 90.4 Å². The maximum Gasteiger partial charge on any atom is 0.159 e. The van der Waals surface area contributed by atoms with Crippen LogP contribution >= 0.6 is 0 Å². The number of carbonyl (C=O) groups is 2. The van der Waals surface area contributed by atoms with Gasteiger partial charge in [-0.05, 0) is 183 Å². The summed E-state index contributed by atoms with van der Waals surface area (Å²) in [5.41, 5.74) is 22.8. The zero-order valence-corrected chi connectivity index (χ0v) is 56.6. The summed E-state index contributed by atoms with van der Waals surface area (Å²) in [6.45, 7) is 51.8. The van der Waals surface area contributed by atoms with E-state index in [9.17, 15) is 4.79 Å². The molecule has 1 aromatic heterocycles. The molecular formula is C72H127N5O4. The highest BCUT2D eigenvalue weighted by atomic mass is 16.6. The first-order valence-corrected chi connectivity index (χ1v) is 31.7. The number of methoxy groups -OCH3 is 1. The zero-order valence-electron chi connectivity index (χ0n) is 56.6. The zero-order chi connectivity index (χ0) is 62.6. The summed E-state index contributed by atoms with van der Waals surface area (Å²) in [6, 6.07) is 16.9. The summed E-state index contributed by atoms with van der Waals surface area (Å²) >= 11 is 0. The molecule has 1 aliphatic heterocycles. The summed E-state index contributed by atoms with van der Waals surface area (Å²) in [6.07, 6.45) is 26.0. The Labute approximate surface area is 501 Å². The number of rotatable bonds is 25. The third-order valence-corrected chi connectivity index (χ3v) is 13.6. The largest absolute Gasteiger partial charge is 0.402 e. The Balaban J connectivity index is -0.000000451. The van der Waals surface area contributed by atoms with Crippen molar-refractivity contribution in [2.24, 2.45) is 17.6 Å². The van der Waals surface area contributed by atoms with E-state index in [1.807, 2.05) is 59.0 Å². The van der Waals surface area contributed by atoms with Crippen LogP contribution in [-0.4, -0.2) is 75.5 Å². The van der Waals surface area contributed by atoms with Gasteiger partial charge in [0.2, 0.25) is 0 Å². The van der Waals surface area contributed by atoms with Gasteiger partial charge in [-0.1, -0.05) is 183 Å². The Morgan fingerprint density at radius 2 is 1.42 bits per heavy atom. The normalized spacial score (nSPS) is 13.0. The molecule has 2 heterocycles. The van der Waals surface area contributed by atoms with E-state index in [2.05, 4.69) is 172 Å². The number of allylic oxidation sites excluding steroid dienone is 6. The molecule has 1 saturated heterocycles. The average Bonchev–Trinajstić information content (AvgIpc) is 3.67. The third kappa shape index (κ3) is 40.9. The van der Waals surface area contributed by atoms with Crippen LogP contribution in [0.2, 0.25) is 0 Å². The standard InChI is InChI=1S/C18H26N2.C15H22O.C13H21NO.C13H29N.C7H13NO.C2H4O.2C2H6/c1-6-13(3)12-18-15(5)20-11-10-17(18)16(7-2)9-8-14(4)19;1-4-6-14(7-5-2)15-10-8-13(9-11-15)12(3)16;1-5-12-7-6-11(2)13(10-12)14(3)8-9-15-4;1-5-9-13(10-6-2)12-14(8-4)11-7-3;1-6-3-4-7(2)8-9-5-6;1-2-3;2*1-2/h8-12H,6-7,19H2,1-5H3;8-11,14H,4-7H2,1-3H3;6-7,10H,5,8-9H2,1-4H3;13H,5-12H2,1-4H3;6,8H,2-5H2,1H3;2H,1H3;2*1-2H3/b13-12+,14-8+,16-9+;;;;;;;. The number of anilines is 1. The molecule has 464 valence electrons. The number of pyridine rings is 1.